The Labute approximate surface area is 103 Å². The first-order valence-electron chi connectivity index (χ1n) is 5.88. The Balaban J connectivity index is 2.76. The molecule has 0 atom stereocenters. The van der Waals surface area contributed by atoms with E-state index in [0.717, 1.165) is 12.3 Å². The number of halogens is 1. The number of nitrogens with zero attached hydrogens (tertiary/aromatic N) is 1. The third-order valence-corrected chi connectivity index (χ3v) is 2.55. The summed E-state index contributed by atoms with van der Waals surface area (Å²) in [5.74, 6) is 0.565. The van der Waals surface area contributed by atoms with Gasteiger partial charge in [-0.25, -0.2) is 4.39 Å². The van der Waals surface area contributed by atoms with E-state index < -0.39 is 0 Å². The van der Waals surface area contributed by atoms with Gasteiger partial charge in [-0.15, -0.1) is 0 Å². The van der Waals surface area contributed by atoms with Crippen LogP contribution < -0.4 is 4.74 Å². The van der Waals surface area contributed by atoms with Gasteiger partial charge in [0.1, 0.15) is 18.2 Å². The van der Waals surface area contributed by atoms with Crippen molar-refractivity contribution >= 4 is 0 Å². The summed E-state index contributed by atoms with van der Waals surface area (Å²) in [5.41, 5.74) is 0.491. The zero-order chi connectivity index (χ0) is 13.1. The van der Waals surface area contributed by atoms with Crippen LogP contribution in [-0.2, 0) is 5.41 Å². The molecule has 0 unspecified atom stereocenters. The number of hydrogen-bond acceptors (Lipinski definition) is 2. The van der Waals surface area contributed by atoms with Crippen molar-refractivity contribution in [3.63, 3.8) is 0 Å². The van der Waals surface area contributed by atoms with Crippen molar-refractivity contribution in [3.05, 3.63) is 29.6 Å². The number of likely N-dealkylation sites (N-methyl/N-ethyl adjacent to an activating group) is 1. The van der Waals surface area contributed by atoms with Crippen molar-refractivity contribution in [1.29, 1.82) is 0 Å². The SMILES string of the molecule is CN(C)CCOc1ccc(F)c(C(C)(C)C)c1. The minimum atomic E-state index is -0.203. The maximum absolute atomic E-state index is 13.7. The van der Waals surface area contributed by atoms with Gasteiger partial charge in [-0.2, -0.15) is 0 Å². The molecular weight excluding hydrogens is 217 g/mol. The number of ether oxygens (including phenoxy) is 1. The van der Waals surface area contributed by atoms with E-state index in [1.165, 1.54) is 6.07 Å². The average Bonchev–Trinajstić information content (AvgIpc) is 2.18. The molecule has 0 bridgehead atoms. The van der Waals surface area contributed by atoms with Crippen LogP contribution in [0.25, 0.3) is 0 Å². The van der Waals surface area contributed by atoms with Crippen molar-refractivity contribution < 1.29 is 9.13 Å². The molecule has 0 aliphatic heterocycles. The summed E-state index contributed by atoms with van der Waals surface area (Å²) in [4.78, 5) is 2.05. The fourth-order valence-electron chi connectivity index (χ4n) is 1.51. The minimum absolute atomic E-state index is 0.169. The summed E-state index contributed by atoms with van der Waals surface area (Å²) >= 11 is 0. The molecule has 0 saturated carbocycles. The Kier molecular flexibility index (Phi) is 4.52. The smallest absolute Gasteiger partial charge is 0.127 e. The van der Waals surface area contributed by atoms with Gasteiger partial charge in [-0.3, -0.25) is 0 Å². The molecule has 3 heteroatoms. The summed E-state index contributed by atoms with van der Waals surface area (Å²) in [6.45, 7) is 7.45. The molecule has 0 saturated heterocycles. The van der Waals surface area contributed by atoms with Crippen LogP contribution in [0.4, 0.5) is 4.39 Å². The third kappa shape index (κ3) is 4.35. The van der Waals surface area contributed by atoms with Gasteiger partial charge in [0.25, 0.3) is 0 Å². The van der Waals surface area contributed by atoms with Gasteiger partial charge in [0.05, 0.1) is 0 Å². The van der Waals surface area contributed by atoms with Gasteiger partial charge in [-0.05, 0) is 43.3 Å². The van der Waals surface area contributed by atoms with Crippen LogP contribution in [0.5, 0.6) is 5.75 Å². The molecule has 1 rings (SSSR count). The molecule has 0 radical (unpaired) electrons. The van der Waals surface area contributed by atoms with Crippen LogP contribution in [0.2, 0.25) is 0 Å². The van der Waals surface area contributed by atoms with E-state index >= 15 is 0 Å². The summed E-state index contributed by atoms with van der Waals surface area (Å²) in [5, 5.41) is 0. The van der Waals surface area contributed by atoms with Gasteiger partial charge in [0.2, 0.25) is 0 Å². The summed E-state index contributed by atoms with van der Waals surface area (Å²) in [7, 11) is 3.99. The molecule has 96 valence electrons. The highest BCUT2D eigenvalue weighted by Crippen LogP contribution is 2.28. The van der Waals surface area contributed by atoms with Gasteiger partial charge in [-0.1, -0.05) is 20.8 Å². The number of rotatable bonds is 4. The standard InChI is InChI=1S/C14H22FNO/c1-14(2,3)12-10-11(6-7-13(12)15)17-9-8-16(4)5/h6-7,10H,8-9H2,1-5H3. The van der Waals surface area contributed by atoms with Crippen LogP contribution in [0, 0.1) is 5.82 Å². The largest absolute Gasteiger partial charge is 0.492 e. The van der Waals surface area contributed by atoms with E-state index in [-0.39, 0.29) is 11.2 Å². The second-order valence-corrected chi connectivity index (χ2v) is 5.54. The number of benzene rings is 1. The second-order valence-electron chi connectivity index (χ2n) is 5.54. The van der Waals surface area contributed by atoms with Crippen LogP contribution in [0.3, 0.4) is 0 Å². The van der Waals surface area contributed by atoms with E-state index in [2.05, 4.69) is 0 Å². The zero-order valence-electron chi connectivity index (χ0n) is 11.4. The molecule has 0 heterocycles. The number of hydrogen-bond donors (Lipinski definition) is 0. The van der Waals surface area contributed by atoms with Gasteiger partial charge in [0.15, 0.2) is 0 Å². The Morgan fingerprint density at radius 1 is 1.24 bits per heavy atom. The average molecular weight is 239 g/mol. The van der Waals surface area contributed by atoms with Gasteiger partial charge < -0.3 is 9.64 Å². The predicted molar refractivity (Wildman–Crippen MR) is 69.1 cm³/mol. The van der Waals surface area contributed by atoms with Crippen LogP contribution in [0.1, 0.15) is 26.3 Å². The molecule has 0 aliphatic carbocycles. The molecular formula is C14H22FNO. The molecule has 0 aromatic heterocycles. The molecule has 2 nitrogen and oxygen atoms in total. The van der Waals surface area contributed by atoms with Crippen molar-refractivity contribution in [2.75, 3.05) is 27.2 Å². The molecule has 0 fully saturated rings. The highest BCUT2D eigenvalue weighted by Gasteiger charge is 2.18. The van der Waals surface area contributed by atoms with Crippen LogP contribution >= 0.6 is 0 Å². The third-order valence-electron chi connectivity index (χ3n) is 2.55. The van der Waals surface area contributed by atoms with Crippen molar-refractivity contribution in [2.45, 2.75) is 26.2 Å². The summed E-state index contributed by atoms with van der Waals surface area (Å²) in [6, 6.07) is 4.96. The lowest BCUT2D eigenvalue weighted by molar-refractivity contribution is 0.260. The highest BCUT2D eigenvalue weighted by atomic mass is 19.1. The van der Waals surface area contributed by atoms with Crippen LogP contribution in [0.15, 0.2) is 18.2 Å². The quantitative estimate of drug-likeness (QED) is 0.800. The lowest BCUT2D eigenvalue weighted by atomic mass is 9.86. The zero-order valence-corrected chi connectivity index (χ0v) is 11.4. The summed E-state index contributed by atoms with van der Waals surface area (Å²) < 4.78 is 19.3. The maximum Gasteiger partial charge on any atom is 0.127 e. The summed E-state index contributed by atoms with van der Waals surface area (Å²) in [6.07, 6.45) is 0. The predicted octanol–water partition coefficient (Wildman–Crippen LogP) is 3.06. The molecule has 1 aromatic rings. The second kappa shape index (κ2) is 5.50. The Morgan fingerprint density at radius 2 is 1.88 bits per heavy atom. The molecule has 0 aliphatic rings. The molecule has 0 amide bonds. The van der Waals surface area contributed by atoms with E-state index in [4.69, 9.17) is 4.74 Å². The van der Waals surface area contributed by atoms with Crippen LogP contribution in [-0.4, -0.2) is 32.1 Å². The van der Waals surface area contributed by atoms with Crippen molar-refractivity contribution in [2.24, 2.45) is 0 Å². The van der Waals surface area contributed by atoms with Gasteiger partial charge >= 0.3 is 0 Å². The van der Waals surface area contributed by atoms with Crippen molar-refractivity contribution in [1.82, 2.24) is 4.90 Å². The lowest BCUT2D eigenvalue weighted by Crippen LogP contribution is -2.20. The Bertz CT molecular complexity index is 369. The lowest BCUT2D eigenvalue weighted by Gasteiger charge is -2.21. The first-order valence-corrected chi connectivity index (χ1v) is 5.88. The molecule has 17 heavy (non-hydrogen) atoms. The van der Waals surface area contributed by atoms with E-state index in [1.807, 2.05) is 39.8 Å². The van der Waals surface area contributed by atoms with E-state index in [9.17, 15) is 4.39 Å². The molecule has 1 aromatic carbocycles. The maximum atomic E-state index is 13.7. The topological polar surface area (TPSA) is 12.5 Å². The monoisotopic (exact) mass is 239 g/mol. The Hall–Kier alpha value is -1.09. The van der Waals surface area contributed by atoms with Gasteiger partial charge in [0, 0.05) is 6.54 Å². The fourth-order valence-corrected chi connectivity index (χ4v) is 1.51. The van der Waals surface area contributed by atoms with E-state index in [1.54, 1.807) is 12.1 Å². The first-order chi connectivity index (χ1) is 7.80. The minimum Gasteiger partial charge on any atom is -0.492 e. The fraction of sp³-hybridized carbons (Fsp3) is 0.571. The normalized spacial score (nSPS) is 11.9. The Morgan fingerprint density at radius 3 is 2.41 bits per heavy atom. The highest BCUT2D eigenvalue weighted by molar-refractivity contribution is 5.34. The van der Waals surface area contributed by atoms with Crippen molar-refractivity contribution in [3.8, 4) is 5.75 Å². The van der Waals surface area contributed by atoms with E-state index in [0.29, 0.717) is 12.2 Å². The molecule has 0 spiro atoms. The molecule has 0 N–H and O–H groups in total. The first kappa shape index (κ1) is 14.0.